The normalized spacial score (nSPS) is 20.7. The Morgan fingerprint density at radius 3 is 2.64 bits per heavy atom. The first kappa shape index (κ1) is 39.7. The van der Waals surface area contributed by atoms with E-state index in [2.05, 4.69) is 36.9 Å². The van der Waals surface area contributed by atoms with Crippen molar-refractivity contribution in [3.8, 4) is 16.9 Å². The Bertz CT molecular complexity index is 2120. The van der Waals surface area contributed by atoms with E-state index in [1.165, 1.54) is 26.2 Å². The lowest BCUT2D eigenvalue weighted by atomic mass is 9.84. The predicted molar refractivity (Wildman–Crippen MR) is 198 cm³/mol. The molecule has 296 valence electrons. The molecule has 2 fully saturated rings. The summed E-state index contributed by atoms with van der Waals surface area (Å²) in [5.41, 5.74) is 4.36. The van der Waals surface area contributed by atoms with Crippen LogP contribution in [0, 0.1) is 5.92 Å². The Morgan fingerprint density at radius 2 is 2.05 bits per heavy atom. The standard InChI is InChI=1S/C34H43N9O10S2/c1-6-11-42(16-19-13-36-14-19)32-37-15-22(17-41(32)5)20-7-9-24-21(12-20)8-10-25(51-24)34(4,30(46)47)52-40-26(23-18-54-31(35)38-23)28(44)39-27-29(45)43(33(27,2)3)53-55(48,49)50/h7,9,12,15,17-19,25,27,36H,6,8,10-11,13-14,16H2,1-5H3,(H4-,35,38,39,44,46,47,48,49,50)/p+1/b40-26-/t25-,27-,34+/m1/s1. The molecule has 0 bridgehead atoms. The summed E-state index contributed by atoms with van der Waals surface area (Å²) in [6.45, 7) is 10.0. The molecule has 19 nitrogen and oxygen atoms in total. The van der Waals surface area contributed by atoms with Crippen molar-refractivity contribution in [3.63, 3.8) is 0 Å². The molecular weight excluding hydrogens is 759 g/mol. The number of anilines is 2. The fourth-order valence-electron chi connectivity index (χ4n) is 6.66. The molecule has 5 heterocycles. The van der Waals surface area contributed by atoms with E-state index < -0.39 is 57.2 Å². The first-order valence-corrected chi connectivity index (χ1v) is 19.8. The van der Waals surface area contributed by atoms with E-state index in [-0.39, 0.29) is 17.2 Å². The van der Waals surface area contributed by atoms with Crippen LogP contribution in [0.2, 0.25) is 0 Å². The summed E-state index contributed by atoms with van der Waals surface area (Å²) in [5.74, 6) is -1.46. The highest BCUT2D eigenvalue weighted by Gasteiger charge is 2.58. The van der Waals surface area contributed by atoms with Gasteiger partial charge in [0.1, 0.15) is 23.7 Å². The van der Waals surface area contributed by atoms with Gasteiger partial charge in [-0.2, -0.15) is 13.5 Å². The number of amides is 2. The molecule has 2 amide bonds. The number of carboxylic acid groups (broad SMARTS) is 1. The number of hydrogen-bond donors (Lipinski definition) is 5. The molecule has 6 rings (SSSR count). The number of ether oxygens (including phenoxy) is 1. The summed E-state index contributed by atoms with van der Waals surface area (Å²) in [7, 11) is -3.05. The van der Waals surface area contributed by atoms with Gasteiger partial charge >= 0.3 is 22.3 Å². The minimum atomic E-state index is -5.03. The third kappa shape index (κ3) is 8.20. The minimum Gasteiger partial charge on any atom is -0.485 e. The quantitative estimate of drug-likeness (QED) is 0.0470. The number of hydroxylamine groups is 2. The number of aliphatic carboxylic acids is 1. The molecular formula is C34H44N9O10S2+. The van der Waals surface area contributed by atoms with Crippen LogP contribution in [-0.2, 0) is 47.4 Å². The van der Waals surface area contributed by atoms with E-state index in [1.54, 1.807) is 6.07 Å². The fourth-order valence-corrected chi connectivity index (χ4v) is 7.66. The van der Waals surface area contributed by atoms with Crippen molar-refractivity contribution in [2.24, 2.45) is 18.1 Å². The molecule has 0 radical (unpaired) electrons. The maximum Gasteiger partial charge on any atom is 0.418 e. The number of rotatable bonds is 15. The topological polar surface area (TPSA) is 252 Å². The van der Waals surface area contributed by atoms with Crippen molar-refractivity contribution in [1.82, 2.24) is 25.7 Å². The van der Waals surface area contributed by atoms with Crippen LogP contribution in [0.25, 0.3) is 11.1 Å². The van der Waals surface area contributed by atoms with Crippen LogP contribution >= 0.6 is 11.3 Å². The molecule has 3 aliphatic heterocycles. The number of benzene rings is 1. The summed E-state index contributed by atoms with van der Waals surface area (Å²) >= 11 is 0.975. The molecule has 6 N–H and O–H groups in total. The lowest BCUT2D eigenvalue weighted by Crippen LogP contribution is -2.76. The van der Waals surface area contributed by atoms with Gasteiger partial charge in [0, 0.05) is 30.0 Å². The highest BCUT2D eigenvalue weighted by atomic mass is 32.3. The summed E-state index contributed by atoms with van der Waals surface area (Å²) in [6.07, 6.45) is 4.52. The number of thiazole rings is 1. The van der Waals surface area contributed by atoms with Crippen molar-refractivity contribution in [1.29, 1.82) is 0 Å². The second-order valence-corrected chi connectivity index (χ2v) is 16.3. The van der Waals surface area contributed by atoms with Gasteiger partial charge in [-0.3, -0.25) is 19.0 Å². The van der Waals surface area contributed by atoms with Crippen molar-refractivity contribution in [2.45, 2.75) is 70.2 Å². The maximum atomic E-state index is 13.5. The van der Waals surface area contributed by atoms with Crippen molar-refractivity contribution < 1.29 is 50.9 Å². The number of carboxylic acids is 1. The minimum absolute atomic E-state index is 0.0662. The van der Waals surface area contributed by atoms with Gasteiger partial charge in [0.05, 0.1) is 31.9 Å². The third-order valence-corrected chi connectivity index (χ3v) is 10.9. The smallest absolute Gasteiger partial charge is 0.418 e. The molecule has 0 spiro atoms. The molecule has 0 aliphatic carbocycles. The van der Waals surface area contributed by atoms with Crippen LogP contribution in [0.5, 0.6) is 5.75 Å². The number of nitrogen functional groups attached to an aromatic ring is 1. The highest BCUT2D eigenvalue weighted by molar-refractivity contribution is 7.80. The zero-order chi connectivity index (χ0) is 39.9. The lowest BCUT2D eigenvalue weighted by Gasteiger charge is -2.50. The zero-order valence-electron chi connectivity index (χ0n) is 30.9. The van der Waals surface area contributed by atoms with Crippen LogP contribution in [0.4, 0.5) is 11.1 Å². The Labute approximate surface area is 321 Å². The Morgan fingerprint density at radius 1 is 1.31 bits per heavy atom. The van der Waals surface area contributed by atoms with Crippen LogP contribution in [0.15, 0.2) is 41.1 Å². The maximum absolute atomic E-state index is 13.5. The van der Waals surface area contributed by atoms with Gasteiger partial charge in [0.25, 0.3) is 17.4 Å². The van der Waals surface area contributed by atoms with E-state index in [0.29, 0.717) is 23.2 Å². The van der Waals surface area contributed by atoms with Gasteiger partial charge < -0.3 is 31.0 Å². The summed E-state index contributed by atoms with van der Waals surface area (Å²) in [4.78, 5) is 55.9. The number of oxime groups is 1. The second kappa shape index (κ2) is 15.3. The van der Waals surface area contributed by atoms with Gasteiger partial charge in [-0.25, -0.2) is 14.3 Å². The number of aromatic nitrogens is 3. The van der Waals surface area contributed by atoms with Crippen LogP contribution < -0.4 is 30.6 Å². The fraction of sp³-hybridized carbons (Fsp3) is 0.500. The summed E-state index contributed by atoms with van der Waals surface area (Å²) in [5, 5.41) is 21.9. The van der Waals surface area contributed by atoms with Crippen molar-refractivity contribution >= 4 is 56.3 Å². The molecule has 3 aromatic rings. The number of nitrogens with two attached hydrogens (primary N) is 1. The molecule has 0 unspecified atom stereocenters. The van der Waals surface area contributed by atoms with Gasteiger partial charge in [-0.05, 0) is 63.3 Å². The zero-order valence-corrected chi connectivity index (χ0v) is 32.5. The predicted octanol–water partition coefficient (Wildman–Crippen LogP) is 0.845. The molecule has 3 aliphatic rings. The molecule has 1 aromatic carbocycles. The number of nitrogens with zero attached hydrogens (tertiary/aromatic N) is 6. The summed E-state index contributed by atoms with van der Waals surface area (Å²) in [6, 6.07) is 4.30. The van der Waals surface area contributed by atoms with Crippen LogP contribution in [-0.4, -0.2) is 106 Å². The van der Waals surface area contributed by atoms with Crippen LogP contribution in [0.3, 0.4) is 0 Å². The van der Waals surface area contributed by atoms with E-state index >= 15 is 0 Å². The Kier molecular flexibility index (Phi) is 11.0. The second-order valence-electron chi connectivity index (χ2n) is 14.4. The molecule has 2 aromatic heterocycles. The number of carbonyl (C=O) groups is 3. The van der Waals surface area contributed by atoms with E-state index in [0.717, 1.165) is 66.6 Å². The third-order valence-electron chi connectivity index (χ3n) is 9.89. The SMILES string of the molecule is CCCN(CC1CNC1)c1ncc(-c2ccc3c(c2)CC[C@H]([C@](C)(O/N=C(\C(=O)N[C@@H]2C(=O)N(OS(=O)(=O)O)C2(C)C)c2csc(N)n2)C(=O)O)O3)c[n+]1C. The molecule has 3 atom stereocenters. The van der Waals surface area contributed by atoms with Gasteiger partial charge in [0.15, 0.2) is 16.9 Å². The summed E-state index contributed by atoms with van der Waals surface area (Å²) < 4.78 is 44.1. The molecule has 55 heavy (non-hydrogen) atoms. The number of aryl methyl sites for hydroxylation is 2. The number of fused-ring (bicyclic) bond motifs is 1. The van der Waals surface area contributed by atoms with Gasteiger partial charge in [0.2, 0.25) is 0 Å². The molecule has 0 saturated carbocycles. The number of carbonyl (C=O) groups excluding carboxylic acids is 2. The highest BCUT2D eigenvalue weighted by Crippen LogP contribution is 2.37. The van der Waals surface area contributed by atoms with Gasteiger partial charge in [-0.15, -0.1) is 15.6 Å². The average molecular weight is 803 g/mol. The van der Waals surface area contributed by atoms with Crippen molar-refractivity contribution in [3.05, 3.63) is 47.2 Å². The van der Waals surface area contributed by atoms with Gasteiger partial charge in [-0.1, -0.05) is 23.1 Å². The Balaban J connectivity index is 1.19. The first-order valence-electron chi connectivity index (χ1n) is 17.6. The van der Waals surface area contributed by atoms with E-state index in [4.69, 9.17) is 24.8 Å². The number of hydrogen-bond acceptors (Lipinski definition) is 15. The van der Waals surface area contributed by atoms with Crippen molar-refractivity contribution in [2.75, 3.05) is 36.8 Å². The molecule has 21 heteroatoms. The average Bonchev–Trinajstić information content (AvgIpc) is 3.54. The molecule has 2 saturated heterocycles. The number of nitrogens with one attached hydrogen (secondary N) is 2. The first-order chi connectivity index (χ1) is 25.9. The van der Waals surface area contributed by atoms with E-state index in [9.17, 15) is 27.9 Å². The van der Waals surface area contributed by atoms with Crippen LogP contribution in [0.1, 0.15) is 51.8 Å². The number of β-lactam (4-membered cyclic amide) rings is 1. The largest absolute Gasteiger partial charge is 0.485 e. The van der Waals surface area contributed by atoms with E-state index in [1.807, 2.05) is 36.1 Å². The Hall–Kier alpha value is -4.96. The lowest BCUT2D eigenvalue weighted by molar-refractivity contribution is -0.661. The monoisotopic (exact) mass is 802 g/mol.